The number of ether oxygens (including phenoxy) is 7. The number of carbonyl (C=O) groups excluding carboxylic acids is 2. The third-order valence-electron chi connectivity index (χ3n) is 10.0. The van der Waals surface area contributed by atoms with Crippen LogP contribution in [0, 0.1) is 0 Å². The highest BCUT2D eigenvalue weighted by Crippen LogP contribution is 2.54. The van der Waals surface area contributed by atoms with Crippen molar-refractivity contribution < 1.29 is 42.7 Å². The fourth-order valence-corrected chi connectivity index (χ4v) is 7.47. The number of carbonyl (C=O) groups is 2. The van der Waals surface area contributed by atoms with Gasteiger partial charge in [0.15, 0.2) is 34.5 Å². The van der Waals surface area contributed by atoms with E-state index in [0.717, 1.165) is 59.2 Å². The predicted octanol–water partition coefficient (Wildman–Crippen LogP) is 5.74. The van der Waals surface area contributed by atoms with Gasteiger partial charge in [0.2, 0.25) is 5.75 Å². The molecular formula is C40H43N3O9. The molecule has 0 aromatic heterocycles. The molecule has 0 unspecified atom stereocenters. The monoisotopic (exact) mass is 709 g/mol. The summed E-state index contributed by atoms with van der Waals surface area (Å²) in [7, 11) is 9.48. The van der Waals surface area contributed by atoms with Gasteiger partial charge in [0, 0.05) is 18.2 Å². The summed E-state index contributed by atoms with van der Waals surface area (Å²) in [5.74, 6) is 2.14. The molecule has 4 aromatic rings. The lowest BCUT2D eigenvalue weighted by atomic mass is 9.86. The lowest BCUT2D eigenvalue weighted by Crippen LogP contribution is -2.56. The van der Waals surface area contributed by atoms with Gasteiger partial charge in [-0.05, 0) is 110 Å². The second kappa shape index (κ2) is 14.6. The zero-order valence-electron chi connectivity index (χ0n) is 30.3. The topological polar surface area (TPSA) is 117 Å². The molecule has 1 N–H and O–H groups in total. The van der Waals surface area contributed by atoms with Crippen LogP contribution in [0.1, 0.15) is 39.4 Å². The lowest BCUT2D eigenvalue weighted by molar-refractivity contribution is -0.153. The summed E-state index contributed by atoms with van der Waals surface area (Å²) in [6.07, 6.45) is 3.30. The molecule has 4 aliphatic rings. The number of nitrogens with one attached hydrogen (secondary N) is 1. The minimum absolute atomic E-state index is 0.398. The van der Waals surface area contributed by atoms with Gasteiger partial charge in [-0.25, -0.2) is 14.8 Å². The van der Waals surface area contributed by atoms with Gasteiger partial charge >= 0.3 is 11.9 Å². The summed E-state index contributed by atoms with van der Waals surface area (Å²) < 4.78 is 42.0. The van der Waals surface area contributed by atoms with E-state index in [-0.39, 0.29) is 0 Å². The molecule has 0 aliphatic carbocycles. The van der Waals surface area contributed by atoms with Gasteiger partial charge in [-0.2, -0.15) is 0 Å². The highest BCUT2D eigenvalue weighted by Gasteiger charge is 2.45. The van der Waals surface area contributed by atoms with E-state index in [1.165, 1.54) is 12.1 Å². The van der Waals surface area contributed by atoms with Crippen LogP contribution in [-0.4, -0.2) is 72.6 Å². The first-order valence-electron chi connectivity index (χ1n) is 17.3. The SMILES string of the molecule is CNCCc1cc(OC)c2cc1CCc1ccc(cc1)Oc1cc3c(cc1OC)N(C(=O)C(=O)OC)N1CCc4cc(OC)c(OC)c(c4[C@@H]1C3)O2. The summed E-state index contributed by atoms with van der Waals surface area (Å²) in [4.78, 5) is 26.9. The second-order valence-electron chi connectivity index (χ2n) is 12.9. The fourth-order valence-electron chi connectivity index (χ4n) is 7.47. The molecule has 0 fully saturated rings. The highest BCUT2D eigenvalue weighted by molar-refractivity contribution is 6.38. The van der Waals surface area contributed by atoms with Crippen LogP contribution in [0.3, 0.4) is 0 Å². The summed E-state index contributed by atoms with van der Waals surface area (Å²) >= 11 is 0. The van der Waals surface area contributed by atoms with E-state index >= 15 is 0 Å². The van der Waals surface area contributed by atoms with Gasteiger partial charge in [0.1, 0.15) is 5.75 Å². The van der Waals surface area contributed by atoms with Crippen LogP contribution in [0.2, 0.25) is 0 Å². The Morgan fingerprint density at radius 1 is 0.788 bits per heavy atom. The largest absolute Gasteiger partial charge is 0.493 e. The van der Waals surface area contributed by atoms with E-state index in [9.17, 15) is 9.59 Å². The Labute approximate surface area is 303 Å². The smallest absolute Gasteiger partial charge is 0.398 e. The van der Waals surface area contributed by atoms with E-state index in [4.69, 9.17) is 33.2 Å². The number of likely N-dealkylation sites (N-methyl/N-ethyl adjacent to an activating group) is 1. The maximum Gasteiger partial charge on any atom is 0.398 e. The quantitative estimate of drug-likeness (QED) is 0.187. The van der Waals surface area contributed by atoms with Crippen LogP contribution < -0.4 is 38.7 Å². The summed E-state index contributed by atoms with van der Waals surface area (Å²) in [6.45, 7) is 1.21. The molecule has 8 rings (SSSR count). The predicted molar refractivity (Wildman–Crippen MR) is 194 cm³/mol. The van der Waals surface area contributed by atoms with Crippen molar-refractivity contribution in [2.75, 3.05) is 60.7 Å². The van der Waals surface area contributed by atoms with E-state index in [1.807, 2.05) is 42.4 Å². The van der Waals surface area contributed by atoms with Crippen molar-refractivity contribution in [3.8, 4) is 46.0 Å². The molecule has 52 heavy (non-hydrogen) atoms. The maximum absolute atomic E-state index is 13.9. The number of methoxy groups -OCH3 is 5. The molecule has 7 bridgehead atoms. The van der Waals surface area contributed by atoms with Crippen molar-refractivity contribution in [1.29, 1.82) is 0 Å². The van der Waals surface area contributed by atoms with E-state index in [0.29, 0.717) is 71.1 Å². The van der Waals surface area contributed by atoms with Crippen LogP contribution in [0.4, 0.5) is 5.69 Å². The Morgan fingerprint density at radius 2 is 1.50 bits per heavy atom. The highest BCUT2D eigenvalue weighted by atomic mass is 16.5. The summed E-state index contributed by atoms with van der Waals surface area (Å²) in [6, 6.07) is 17.2. The van der Waals surface area contributed by atoms with Crippen molar-refractivity contribution in [2.24, 2.45) is 0 Å². The lowest BCUT2D eigenvalue weighted by Gasteiger charge is -2.48. The number of amides is 1. The average Bonchev–Trinajstić information content (AvgIpc) is 3.17. The van der Waals surface area contributed by atoms with Crippen molar-refractivity contribution >= 4 is 17.6 Å². The zero-order chi connectivity index (χ0) is 36.5. The fraction of sp³-hybridized carbons (Fsp3) is 0.350. The first-order valence-corrected chi connectivity index (χ1v) is 17.3. The van der Waals surface area contributed by atoms with E-state index < -0.39 is 17.9 Å². The normalized spacial score (nSPS) is 15.9. The number of anilines is 1. The van der Waals surface area contributed by atoms with Crippen molar-refractivity contribution in [3.05, 3.63) is 88.0 Å². The molecule has 0 saturated carbocycles. The zero-order valence-corrected chi connectivity index (χ0v) is 30.3. The molecule has 0 radical (unpaired) electrons. The van der Waals surface area contributed by atoms with Crippen LogP contribution in [-0.2, 0) is 46.4 Å². The van der Waals surface area contributed by atoms with Crippen LogP contribution in [0.5, 0.6) is 46.0 Å². The average molecular weight is 710 g/mol. The molecule has 4 heterocycles. The van der Waals surface area contributed by atoms with Crippen molar-refractivity contribution in [3.63, 3.8) is 0 Å². The first kappa shape index (κ1) is 35.0. The number of nitrogens with zero attached hydrogens (tertiary/aromatic N) is 2. The standard InChI is InChI=1S/C40H43N3O9/c1-41-15-13-25-18-31(46-2)34-19-24(25)10-7-23-8-11-28(12-9-23)51-33-21-27-17-30-36-26(20-35(48-4)37(49-5)38(36)52-34)14-16-42(30)43(39(44)40(45)50-6)29(27)22-32(33)47-3/h8-9,11-12,18-22,30,41H,7,10,13-17H2,1-6H3/t30-/m0/s1. The van der Waals surface area contributed by atoms with Gasteiger partial charge in [-0.3, -0.25) is 4.79 Å². The second-order valence-corrected chi connectivity index (χ2v) is 12.9. The van der Waals surface area contributed by atoms with Crippen LogP contribution in [0.15, 0.2) is 54.6 Å². The number of hydrogen-bond acceptors (Lipinski definition) is 11. The maximum atomic E-state index is 13.9. The molecule has 0 spiro atoms. The van der Waals surface area contributed by atoms with Gasteiger partial charge in [-0.1, -0.05) is 12.1 Å². The number of rotatable bonds is 7. The first-order chi connectivity index (χ1) is 25.3. The number of aryl methyl sites for hydroxylation is 2. The molecule has 4 aromatic carbocycles. The Hall–Kier alpha value is -5.46. The summed E-state index contributed by atoms with van der Waals surface area (Å²) in [5, 5.41) is 6.55. The molecular weight excluding hydrogens is 666 g/mol. The molecule has 272 valence electrons. The Balaban J connectivity index is 1.50. The number of esters is 1. The number of benzene rings is 4. The molecule has 4 aliphatic heterocycles. The third-order valence-corrected chi connectivity index (χ3v) is 10.0. The van der Waals surface area contributed by atoms with Crippen molar-refractivity contribution in [2.45, 2.75) is 38.1 Å². The van der Waals surface area contributed by atoms with E-state index in [2.05, 4.69) is 23.5 Å². The van der Waals surface area contributed by atoms with Crippen LogP contribution in [0.25, 0.3) is 0 Å². The minimum atomic E-state index is -0.995. The number of hydrazine groups is 1. The number of hydrogen-bond donors (Lipinski definition) is 1. The van der Waals surface area contributed by atoms with Gasteiger partial charge < -0.3 is 38.5 Å². The Bertz CT molecular complexity index is 2010. The van der Waals surface area contributed by atoms with Crippen LogP contribution >= 0.6 is 0 Å². The van der Waals surface area contributed by atoms with Gasteiger partial charge in [-0.15, -0.1) is 0 Å². The molecule has 1 atom stereocenters. The third kappa shape index (κ3) is 6.22. The minimum Gasteiger partial charge on any atom is -0.493 e. The summed E-state index contributed by atoms with van der Waals surface area (Å²) in [5.41, 5.74) is 6.45. The van der Waals surface area contributed by atoms with Crippen molar-refractivity contribution in [1.82, 2.24) is 10.3 Å². The van der Waals surface area contributed by atoms with Gasteiger partial charge in [0.25, 0.3) is 0 Å². The molecule has 12 heteroatoms. The Kier molecular flexibility index (Phi) is 9.85. The number of fused-ring (bicyclic) bond motifs is 3. The Morgan fingerprint density at radius 3 is 2.19 bits per heavy atom. The molecule has 1 amide bonds. The van der Waals surface area contributed by atoms with E-state index in [1.54, 1.807) is 34.5 Å². The molecule has 12 nitrogen and oxygen atoms in total. The van der Waals surface area contributed by atoms with Gasteiger partial charge in [0.05, 0.1) is 47.3 Å². The molecule has 0 saturated heterocycles.